The Morgan fingerprint density at radius 2 is 1.10 bits per heavy atom. The minimum Gasteiger partial charge on any atom is -0.293 e. The van der Waals surface area contributed by atoms with E-state index in [1.165, 1.54) is 111 Å². The van der Waals surface area contributed by atoms with E-state index in [2.05, 4.69) is 250 Å². The minimum atomic E-state index is 0.915. The van der Waals surface area contributed by atoms with Gasteiger partial charge in [-0.25, -0.2) is 4.98 Å². The van der Waals surface area contributed by atoms with E-state index in [0.717, 1.165) is 54.9 Å². The molecule has 12 rings (SSSR count). The quantitative estimate of drug-likeness (QED) is 0.125. The Kier molecular flexibility index (Phi) is 11.7. The van der Waals surface area contributed by atoms with Crippen molar-refractivity contribution in [1.82, 2.24) is 9.55 Å². The van der Waals surface area contributed by atoms with E-state index >= 15 is 0 Å². The van der Waals surface area contributed by atoms with Gasteiger partial charge in [0, 0.05) is 11.3 Å². The molecular weight excluding hydrogens is 857 g/mol. The molecule has 0 atom stereocenters. The van der Waals surface area contributed by atoms with Gasteiger partial charge < -0.3 is 0 Å². The Bertz CT molecular complexity index is 3780. The number of hydrogen-bond donors (Lipinski definition) is 0. The van der Waals surface area contributed by atoms with E-state index in [1.807, 2.05) is 0 Å². The van der Waals surface area contributed by atoms with Gasteiger partial charge in [-0.3, -0.25) is 4.57 Å². The number of benzene rings is 9. The van der Waals surface area contributed by atoms with E-state index in [9.17, 15) is 0 Å². The molecule has 0 radical (unpaired) electrons. The lowest BCUT2D eigenvalue weighted by atomic mass is 9.80. The average Bonchev–Trinajstić information content (AvgIpc) is 3.83. The van der Waals surface area contributed by atoms with Gasteiger partial charge in [-0.05, 0) is 183 Å². The number of rotatable bonds is 10. The molecule has 2 heteroatoms. The highest BCUT2D eigenvalue weighted by atomic mass is 15.1. The number of fused-ring (bicyclic) bond motifs is 3. The van der Waals surface area contributed by atoms with Gasteiger partial charge in [0.1, 0.15) is 5.82 Å². The van der Waals surface area contributed by atoms with E-state index in [-0.39, 0.29) is 0 Å². The predicted molar refractivity (Wildman–Crippen MR) is 303 cm³/mol. The zero-order valence-corrected chi connectivity index (χ0v) is 40.8. The standard InChI is InChI=1S/C69H56N2/c1-46-21-13-14-26-53(46)43-47(2)48(3)54-39-41-61-63(44-54)67(59-31-17-15-29-57(59)50-22-7-4-8-23-50)62-42-40-55(45-64(62)68(61)60-32-18-16-30-58(60)51-24-9-5-10-25-51)49-35-37-52(38-36-49)69-70-65-33-19-20-34-66(65)71(69)56-27-11-6-12-28-56/h4,6-9,11-18,20-32,34-42,44-45H,5,10,19,33,43H2,1-3H3. The van der Waals surface area contributed by atoms with Crippen LogP contribution in [0.1, 0.15) is 66.8 Å². The molecule has 0 saturated heterocycles. The lowest BCUT2D eigenvalue weighted by molar-refractivity contribution is 0.936. The van der Waals surface area contributed by atoms with Crippen LogP contribution in [0.3, 0.4) is 0 Å². The summed E-state index contributed by atoms with van der Waals surface area (Å²) in [6.45, 7) is 6.84. The molecule has 1 heterocycles. The number of nitrogens with zero attached hydrogens (tertiary/aromatic N) is 2. The van der Waals surface area contributed by atoms with Gasteiger partial charge in [0.05, 0.1) is 11.4 Å². The van der Waals surface area contributed by atoms with Crippen LogP contribution in [-0.4, -0.2) is 9.55 Å². The van der Waals surface area contributed by atoms with Crippen LogP contribution in [0.5, 0.6) is 0 Å². The first-order valence-corrected chi connectivity index (χ1v) is 25.3. The number of hydrogen-bond acceptors (Lipinski definition) is 1. The zero-order chi connectivity index (χ0) is 47.8. The summed E-state index contributed by atoms with van der Waals surface area (Å²) in [5.74, 6) is 0.978. The molecule has 0 bridgehead atoms. The lowest BCUT2D eigenvalue weighted by Crippen LogP contribution is -2.01. The van der Waals surface area contributed by atoms with E-state index in [0.29, 0.717) is 0 Å². The van der Waals surface area contributed by atoms with Crippen LogP contribution >= 0.6 is 0 Å². The van der Waals surface area contributed by atoms with Crippen molar-refractivity contribution >= 4 is 38.8 Å². The largest absolute Gasteiger partial charge is 0.293 e. The molecule has 0 N–H and O–H groups in total. The molecule has 2 nitrogen and oxygen atoms in total. The molecule has 0 amide bonds. The molecule has 342 valence electrons. The van der Waals surface area contributed by atoms with E-state index in [1.54, 1.807) is 0 Å². The molecule has 0 fully saturated rings. The third-order valence-corrected chi connectivity index (χ3v) is 15.0. The van der Waals surface area contributed by atoms with Gasteiger partial charge in [-0.15, -0.1) is 0 Å². The van der Waals surface area contributed by atoms with Crippen LogP contribution < -0.4 is 0 Å². The number of aromatic nitrogens is 2. The van der Waals surface area contributed by atoms with Crippen LogP contribution in [0.2, 0.25) is 0 Å². The Balaban J connectivity index is 1.10. The molecule has 1 aromatic heterocycles. The summed E-state index contributed by atoms with van der Waals surface area (Å²) in [4.78, 5) is 5.28. The van der Waals surface area contributed by atoms with Crippen LogP contribution in [-0.2, 0) is 12.8 Å². The second-order valence-corrected chi connectivity index (χ2v) is 19.3. The van der Waals surface area contributed by atoms with Gasteiger partial charge in [0.25, 0.3) is 0 Å². The fourth-order valence-corrected chi connectivity index (χ4v) is 11.1. The first kappa shape index (κ1) is 43.9. The minimum absolute atomic E-state index is 0.915. The first-order valence-electron chi connectivity index (χ1n) is 25.3. The predicted octanol–water partition coefficient (Wildman–Crippen LogP) is 18.6. The molecule has 0 saturated carbocycles. The van der Waals surface area contributed by atoms with Gasteiger partial charge in [0.2, 0.25) is 0 Å². The molecule has 0 unspecified atom stereocenters. The van der Waals surface area contributed by atoms with Crippen LogP contribution in [0.15, 0.2) is 224 Å². The highest BCUT2D eigenvalue weighted by Crippen LogP contribution is 2.49. The monoisotopic (exact) mass is 912 g/mol. The summed E-state index contributed by atoms with van der Waals surface area (Å²) in [7, 11) is 0. The number of aryl methyl sites for hydroxylation is 2. The summed E-state index contributed by atoms with van der Waals surface area (Å²) < 4.78 is 2.32. The van der Waals surface area contributed by atoms with Gasteiger partial charge in [-0.1, -0.05) is 200 Å². The second-order valence-electron chi connectivity index (χ2n) is 19.3. The lowest BCUT2D eigenvalue weighted by Gasteiger charge is -2.23. The van der Waals surface area contributed by atoms with Crippen molar-refractivity contribution in [2.24, 2.45) is 0 Å². The van der Waals surface area contributed by atoms with Gasteiger partial charge in [-0.2, -0.15) is 0 Å². The molecule has 2 aliphatic carbocycles. The number of imidazole rings is 1. The summed E-state index contributed by atoms with van der Waals surface area (Å²) in [6.07, 6.45) is 16.6. The molecule has 10 aromatic rings. The van der Waals surface area contributed by atoms with E-state index in [4.69, 9.17) is 4.98 Å². The first-order chi connectivity index (χ1) is 35.0. The summed E-state index contributed by atoms with van der Waals surface area (Å²) in [5, 5.41) is 4.97. The Hall–Kier alpha value is -8.33. The van der Waals surface area contributed by atoms with Crippen LogP contribution in [0, 0.1) is 6.92 Å². The fourth-order valence-electron chi connectivity index (χ4n) is 11.1. The van der Waals surface area contributed by atoms with Crippen molar-refractivity contribution in [2.75, 3.05) is 0 Å². The highest BCUT2D eigenvalue weighted by molar-refractivity contribution is 6.24. The van der Waals surface area contributed by atoms with Gasteiger partial charge >= 0.3 is 0 Å². The number of para-hydroxylation sites is 1. The van der Waals surface area contributed by atoms with Crippen molar-refractivity contribution in [2.45, 2.75) is 52.9 Å². The maximum atomic E-state index is 5.28. The number of allylic oxidation sites excluding steroid dienone is 7. The van der Waals surface area contributed by atoms with Crippen molar-refractivity contribution in [3.63, 3.8) is 0 Å². The molecule has 0 spiro atoms. The Morgan fingerprint density at radius 1 is 0.493 bits per heavy atom. The third-order valence-electron chi connectivity index (χ3n) is 15.0. The fraction of sp³-hybridized carbons (Fsp3) is 0.116. The molecule has 0 aliphatic heterocycles. The topological polar surface area (TPSA) is 17.8 Å². The third kappa shape index (κ3) is 8.20. The van der Waals surface area contributed by atoms with Crippen LogP contribution in [0.4, 0.5) is 0 Å². The summed E-state index contributed by atoms with van der Waals surface area (Å²) >= 11 is 0. The molecule has 2 aliphatic rings. The maximum absolute atomic E-state index is 5.28. The SMILES string of the molecule is CC(Cc1ccccc1C)=C(C)c1ccc2c(-c3ccccc3C3=CCCC=C3)c3cc(-c4ccc(-c5nc6c(n5-c5ccccc5)C=CCC6)cc4)ccc3c(-c3ccccc3-c3ccccc3)c2c1. The Labute approximate surface area is 418 Å². The van der Waals surface area contributed by atoms with Crippen molar-refractivity contribution in [1.29, 1.82) is 0 Å². The van der Waals surface area contributed by atoms with Crippen molar-refractivity contribution in [3.8, 4) is 61.6 Å². The second kappa shape index (κ2) is 18.9. The summed E-state index contributed by atoms with van der Waals surface area (Å²) in [6, 6.07) is 72.0. The van der Waals surface area contributed by atoms with E-state index < -0.39 is 0 Å². The summed E-state index contributed by atoms with van der Waals surface area (Å²) in [5.41, 5.74) is 23.5. The Morgan fingerprint density at radius 3 is 1.83 bits per heavy atom. The highest BCUT2D eigenvalue weighted by Gasteiger charge is 2.24. The maximum Gasteiger partial charge on any atom is 0.145 e. The normalized spacial score (nSPS) is 13.6. The average molecular weight is 913 g/mol. The molecular formula is C69H56N2. The smallest absolute Gasteiger partial charge is 0.145 e. The van der Waals surface area contributed by atoms with Crippen molar-refractivity contribution < 1.29 is 0 Å². The molecule has 71 heavy (non-hydrogen) atoms. The molecule has 9 aromatic carbocycles. The van der Waals surface area contributed by atoms with Crippen molar-refractivity contribution in [3.05, 3.63) is 258 Å². The van der Waals surface area contributed by atoms with Gasteiger partial charge in [0.15, 0.2) is 0 Å². The van der Waals surface area contributed by atoms with Crippen LogP contribution in [0.25, 0.3) is 100 Å². The zero-order valence-electron chi connectivity index (χ0n) is 40.8.